The lowest BCUT2D eigenvalue weighted by Gasteiger charge is -2.10. The normalized spacial score (nSPS) is 12.4. The van der Waals surface area contributed by atoms with Gasteiger partial charge in [0.05, 0.1) is 10.5 Å². The van der Waals surface area contributed by atoms with Crippen molar-refractivity contribution in [2.75, 3.05) is 6.54 Å². The minimum Gasteiger partial charge on any atom is -0.207 e. The highest BCUT2D eigenvalue weighted by molar-refractivity contribution is 9.11. The SMILES string of the molecule is C=C(Br)CNS(=O)(=O)c1cccc(C(F)(F)F)c1. The van der Waals surface area contributed by atoms with Crippen molar-refractivity contribution in [3.8, 4) is 0 Å². The van der Waals surface area contributed by atoms with Crippen LogP contribution in [0.5, 0.6) is 0 Å². The lowest BCUT2D eigenvalue weighted by molar-refractivity contribution is -0.137. The first-order valence-electron chi connectivity index (χ1n) is 4.63. The number of nitrogens with one attached hydrogen (secondary N) is 1. The summed E-state index contributed by atoms with van der Waals surface area (Å²) in [4.78, 5) is -0.439. The summed E-state index contributed by atoms with van der Waals surface area (Å²) < 4.78 is 63.1. The number of hydrogen-bond acceptors (Lipinski definition) is 2. The predicted molar refractivity (Wildman–Crippen MR) is 64.7 cm³/mol. The van der Waals surface area contributed by atoms with Gasteiger partial charge in [-0.05, 0) is 18.2 Å². The number of benzene rings is 1. The Labute approximate surface area is 111 Å². The van der Waals surface area contributed by atoms with Crippen molar-refractivity contribution in [3.05, 3.63) is 40.9 Å². The Kier molecular flexibility index (Phi) is 4.57. The van der Waals surface area contributed by atoms with Crippen LogP contribution < -0.4 is 4.72 Å². The summed E-state index contributed by atoms with van der Waals surface area (Å²) in [5.74, 6) is 0. The molecule has 0 unspecified atom stereocenters. The molecular weight excluding hydrogens is 335 g/mol. The summed E-state index contributed by atoms with van der Waals surface area (Å²) in [6.45, 7) is 3.32. The molecular formula is C10H9BrF3NO2S. The average molecular weight is 344 g/mol. The minimum absolute atomic E-state index is 0.0986. The molecule has 18 heavy (non-hydrogen) atoms. The van der Waals surface area contributed by atoms with Crippen LogP contribution in [0.1, 0.15) is 5.56 Å². The van der Waals surface area contributed by atoms with Gasteiger partial charge >= 0.3 is 6.18 Å². The fourth-order valence-corrected chi connectivity index (χ4v) is 2.49. The molecule has 0 saturated carbocycles. The molecule has 0 spiro atoms. The Balaban J connectivity index is 3.07. The third-order valence-corrected chi connectivity index (χ3v) is 3.60. The van der Waals surface area contributed by atoms with Crippen LogP contribution in [-0.2, 0) is 16.2 Å². The molecule has 0 amide bonds. The summed E-state index contributed by atoms with van der Waals surface area (Å²) >= 11 is 2.94. The molecule has 0 aromatic heterocycles. The second-order valence-corrected chi connectivity index (χ2v) is 6.26. The highest BCUT2D eigenvalue weighted by Gasteiger charge is 2.31. The molecule has 0 bridgehead atoms. The fourth-order valence-electron chi connectivity index (χ4n) is 1.10. The third-order valence-electron chi connectivity index (χ3n) is 1.93. The number of sulfonamides is 1. The van der Waals surface area contributed by atoms with Crippen LogP contribution in [0.25, 0.3) is 0 Å². The van der Waals surface area contributed by atoms with Gasteiger partial charge < -0.3 is 0 Å². The second-order valence-electron chi connectivity index (χ2n) is 3.37. The zero-order valence-corrected chi connectivity index (χ0v) is 11.4. The van der Waals surface area contributed by atoms with Crippen molar-refractivity contribution in [1.29, 1.82) is 0 Å². The molecule has 0 aliphatic carbocycles. The van der Waals surface area contributed by atoms with E-state index in [1.54, 1.807) is 0 Å². The van der Waals surface area contributed by atoms with Crippen LogP contribution in [0.2, 0.25) is 0 Å². The summed E-state index contributed by atoms with van der Waals surface area (Å²) in [5.41, 5.74) is -1.01. The molecule has 0 aliphatic heterocycles. The van der Waals surface area contributed by atoms with E-state index >= 15 is 0 Å². The Bertz CT molecular complexity index is 554. The van der Waals surface area contributed by atoms with Crippen LogP contribution in [0.3, 0.4) is 0 Å². The van der Waals surface area contributed by atoms with E-state index in [1.165, 1.54) is 0 Å². The topological polar surface area (TPSA) is 46.2 Å². The molecule has 1 rings (SSSR count). The number of rotatable bonds is 4. The highest BCUT2D eigenvalue weighted by atomic mass is 79.9. The lowest BCUT2D eigenvalue weighted by Crippen LogP contribution is -2.25. The Morgan fingerprint density at radius 3 is 2.50 bits per heavy atom. The van der Waals surface area contributed by atoms with Gasteiger partial charge in [-0.15, -0.1) is 0 Å². The standard InChI is InChI=1S/C10H9BrF3NO2S/c1-7(11)6-15-18(16,17)9-4-2-3-8(5-9)10(12,13)14/h2-5,15H,1,6H2. The van der Waals surface area contributed by atoms with Crippen molar-refractivity contribution < 1.29 is 21.6 Å². The number of halogens is 4. The summed E-state index contributed by atoms with van der Waals surface area (Å²) in [7, 11) is -3.98. The first kappa shape index (κ1) is 15.2. The Morgan fingerprint density at radius 1 is 1.39 bits per heavy atom. The summed E-state index contributed by atoms with van der Waals surface area (Å²) in [6, 6.07) is 3.52. The molecule has 0 radical (unpaired) electrons. The van der Waals surface area contributed by atoms with Gasteiger partial charge in [0.1, 0.15) is 0 Å². The summed E-state index contributed by atoms with van der Waals surface area (Å²) in [6.07, 6.45) is -4.58. The molecule has 0 aliphatic rings. The smallest absolute Gasteiger partial charge is 0.207 e. The van der Waals surface area contributed by atoms with E-state index in [0.717, 1.165) is 18.2 Å². The van der Waals surface area contributed by atoms with Crippen LogP contribution in [-0.4, -0.2) is 15.0 Å². The minimum atomic E-state index is -4.58. The van der Waals surface area contributed by atoms with Crippen molar-refractivity contribution in [2.24, 2.45) is 0 Å². The van der Waals surface area contributed by atoms with Crippen LogP contribution in [0.4, 0.5) is 13.2 Å². The molecule has 1 aromatic rings. The van der Waals surface area contributed by atoms with Gasteiger partial charge in [-0.3, -0.25) is 0 Å². The number of hydrogen-bond donors (Lipinski definition) is 1. The molecule has 0 heterocycles. The third kappa shape index (κ3) is 4.11. The average Bonchev–Trinajstić information content (AvgIpc) is 2.26. The van der Waals surface area contributed by atoms with E-state index in [2.05, 4.69) is 27.2 Å². The molecule has 8 heteroatoms. The van der Waals surface area contributed by atoms with Crippen molar-refractivity contribution in [3.63, 3.8) is 0 Å². The maximum absolute atomic E-state index is 12.4. The maximum atomic E-state index is 12.4. The zero-order chi connectivity index (χ0) is 14.0. The van der Waals surface area contributed by atoms with Gasteiger partial charge in [-0.2, -0.15) is 13.2 Å². The van der Waals surface area contributed by atoms with E-state index in [0.29, 0.717) is 10.5 Å². The van der Waals surface area contributed by atoms with E-state index in [9.17, 15) is 21.6 Å². The molecule has 100 valence electrons. The highest BCUT2D eigenvalue weighted by Crippen LogP contribution is 2.30. The van der Waals surface area contributed by atoms with E-state index < -0.39 is 26.7 Å². The van der Waals surface area contributed by atoms with Gasteiger partial charge in [0, 0.05) is 11.0 Å². The molecule has 0 fully saturated rings. The van der Waals surface area contributed by atoms with Gasteiger partial charge in [0.2, 0.25) is 10.0 Å². The van der Waals surface area contributed by atoms with Gasteiger partial charge in [0.15, 0.2) is 0 Å². The van der Waals surface area contributed by atoms with Crippen LogP contribution >= 0.6 is 15.9 Å². The monoisotopic (exact) mass is 343 g/mol. The second kappa shape index (κ2) is 5.41. The first-order valence-corrected chi connectivity index (χ1v) is 6.91. The fraction of sp³-hybridized carbons (Fsp3) is 0.200. The van der Waals surface area contributed by atoms with Gasteiger partial charge in [0.25, 0.3) is 0 Å². The van der Waals surface area contributed by atoms with E-state index in [-0.39, 0.29) is 6.54 Å². The lowest BCUT2D eigenvalue weighted by atomic mass is 10.2. The predicted octanol–water partition coefficient (Wildman–Crippen LogP) is 2.89. The van der Waals surface area contributed by atoms with Crippen LogP contribution in [0.15, 0.2) is 40.2 Å². The Hall–Kier alpha value is -0.860. The van der Waals surface area contributed by atoms with Crippen molar-refractivity contribution in [2.45, 2.75) is 11.1 Å². The molecule has 1 aromatic carbocycles. The molecule has 0 atom stereocenters. The van der Waals surface area contributed by atoms with Crippen molar-refractivity contribution >= 4 is 26.0 Å². The first-order chi connectivity index (χ1) is 8.13. The Morgan fingerprint density at radius 2 is 2.00 bits per heavy atom. The van der Waals surface area contributed by atoms with Crippen molar-refractivity contribution in [1.82, 2.24) is 4.72 Å². The zero-order valence-electron chi connectivity index (χ0n) is 8.96. The maximum Gasteiger partial charge on any atom is 0.416 e. The quantitative estimate of drug-likeness (QED) is 0.913. The van der Waals surface area contributed by atoms with Crippen LogP contribution in [0, 0.1) is 0 Å². The largest absolute Gasteiger partial charge is 0.416 e. The molecule has 3 nitrogen and oxygen atoms in total. The van der Waals surface area contributed by atoms with E-state index in [4.69, 9.17) is 0 Å². The van der Waals surface area contributed by atoms with Gasteiger partial charge in [-0.1, -0.05) is 28.6 Å². The molecule has 0 saturated heterocycles. The van der Waals surface area contributed by atoms with Gasteiger partial charge in [-0.25, -0.2) is 13.1 Å². The number of alkyl halides is 3. The molecule has 1 N–H and O–H groups in total. The summed E-state index contributed by atoms with van der Waals surface area (Å²) in [5, 5.41) is 0. The van der Waals surface area contributed by atoms with E-state index in [1.807, 2.05) is 0 Å².